The van der Waals surface area contributed by atoms with Crippen LogP contribution in [0.3, 0.4) is 0 Å². The molecule has 136 valence electrons. The van der Waals surface area contributed by atoms with Crippen molar-refractivity contribution in [2.24, 2.45) is 5.73 Å². The Morgan fingerprint density at radius 1 is 1.19 bits per heavy atom. The third kappa shape index (κ3) is 2.88. The number of nitrogens with one attached hydrogen (secondary N) is 1. The van der Waals surface area contributed by atoms with E-state index in [0.29, 0.717) is 10.6 Å². The minimum atomic E-state index is -0.448. The number of carbonyl (C=O) groups excluding carboxylic acids is 2. The molecule has 2 aliphatic rings. The van der Waals surface area contributed by atoms with Crippen molar-refractivity contribution in [3.8, 4) is 0 Å². The van der Waals surface area contributed by atoms with Gasteiger partial charge in [0.15, 0.2) is 0 Å². The van der Waals surface area contributed by atoms with Gasteiger partial charge >= 0.3 is 0 Å². The number of thiophene rings is 1. The molecule has 4 rings (SSSR count). The van der Waals surface area contributed by atoms with Crippen molar-refractivity contribution in [1.82, 2.24) is 0 Å². The number of anilines is 2. The van der Waals surface area contributed by atoms with E-state index in [9.17, 15) is 9.59 Å². The van der Waals surface area contributed by atoms with E-state index in [-0.39, 0.29) is 11.9 Å². The number of benzene rings is 1. The number of aryl methyl sites for hydroxylation is 2. The van der Waals surface area contributed by atoms with Crippen molar-refractivity contribution in [1.29, 1.82) is 0 Å². The highest BCUT2D eigenvalue weighted by atomic mass is 32.1. The summed E-state index contributed by atoms with van der Waals surface area (Å²) in [5.41, 5.74) is 9.56. The van der Waals surface area contributed by atoms with Gasteiger partial charge in [-0.05, 0) is 56.2 Å². The lowest BCUT2D eigenvalue weighted by Crippen LogP contribution is -2.44. The van der Waals surface area contributed by atoms with Crippen molar-refractivity contribution in [3.05, 3.63) is 45.8 Å². The van der Waals surface area contributed by atoms with Gasteiger partial charge in [0.1, 0.15) is 11.0 Å². The molecule has 1 aliphatic heterocycles. The minimum absolute atomic E-state index is 0.0934. The monoisotopic (exact) mass is 369 g/mol. The fourth-order valence-electron chi connectivity index (χ4n) is 4.08. The number of nitrogens with two attached hydrogens (primary N) is 1. The summed E-state index contributed by atoms with van der Waals surface area (Å²) in [6, 6.07) is 7.94. The van der Waals surface area contributed by atoms with Crippen LogP contribution in [-0.4, -0.2) is 24.4 Å². The summed E-state index contributed by atoms with van der Waals surface area (Å²) >= 11 is 1.50. The van der Waals surface area contributed by atoms with Crippen LogP contribution in [-0.2, 0) is 24.1 Å². The molecule has 2 aromatic rings. The Hall–Kier alpha value is -2.34. The smallest absolute Gasteiger partial charge is 0.251 e. The third-order valence-electron chi connectivity index (χ3n) is 5.40. The average molecular weight is 369 g/mol. The molecule has 1 aromatic carbocycles. The molecule has 6 heteroatoms. The van der Waals surface area contributed by atoms with E-state index in [4.69, 9.17) is 5.73 Å². The highest BCUT2D eigenvalue weighted by Crippen LogP contribution is 2.39. The van der Waals surface area contributed by atoms with Gasteiger partial charge in [0.25, 0.3) is 5.91 Å². The van der Waals surface area contributed by atoms with Gasteiger partial charge < -0.3 is 16.0 Å². The van der Waals surface area contributed by atoms with E-state index in [1.807, 2.05) is 19.1 Å². The Morgan fingerprint density at radius 2 is 2.00 bits per heavy atom. The number of nitrogens with zero attached hydrogens (tertiary/aromatic N) is 1. The molecule has 1 atom stereocenters. The van der Waals surface area contributed by atoms with Crippen molar-refractivity contribution in [3.63, 3.8) is 0 Å². The largest absolute Gasteiger partial charge is 0.365 e. The van der Waals surface area contributed by atoms with E-state index >= 15 is 0 Å². The molecule has 2 heterocycles. The molecule has 0 saturated heterocycles. The number of rotatable bonds is 4. The first-order valence-electron chi connectivity index (χ1n) is 9.16. The fraction of sp³-hybridized carbons (Fsp3) is 0.400. The predicted molar refractivity (Wildman–Crippen MR) is 105 cm³/mol. The second-order valence-electron chi connectivity index (χ2n) is 7.02. The second-order valence-corrected chi connectivity index (χ2v) is 8.12. The molecule has 0 spiro atoms. The highest BCUT2D eigenvalue weighted by Gasteiger charge is 2.30. The number of hydrogen-bond acceptors (Lipinski definition) is 4. The lowest BCUT2D eigenvalue weighted by Gasteiger charge is -2.35. The van der Waals surface area contributed by atoms with Crippen LogP contribution in [0.25, 0.3) is 0 Å². The summed E-state index contributed by atoms with van der Waals surface area (Å²) in [6.45, 7) is 2.78. The van der Waals surface area contributed by atoms with Gasteiger partial charge in [-0.15, -0.1) is 11.3 Å². The van der Waals surface area contributed by atoms with Gasteiger partial charge in [0.05, 0.1) is 5.56 Å². The fourth-order valence-corrected chi connectivity index (χ4v) is 5.37. The number of carbonyl (C=O) groups is 2. The normalized spacial score (nSPS) is 16.7. The van der Waals surface area contributed by atoms with Crippen molar-refractivity contribution >= 4 is 33.8 Å². The topological polar surface area (TPSA) is 75.4 Å². The SMILES string of the molecule is C[C@@H](C(=O)Nc1sc2c(c1C(N)=O)CCC2)N1CCCc2ccccc21. The van der Waals surface area contributed by atoms with Crippen LogP contribution in [0.15, 0.2) is 24.3 Å². The standard InChI is InChI=1S/C20H23N3O2S/c1-12(23-11-5-7-13-6-2-3-9-15(13)23)19(25)22-20-17(18(21)24)14-8-4-10-16(14)26-20/h2-3,6,9,12H,4-5,7-8,10-11H2,1H3,(H2,21,24)(H,22,25)/t12-/m0/s1. The van der Waals surface area contributed by atoms with Crippen LogP contribution in [0.4, 0.5) is 10.7 Å². The van der Waals surface area contributed by atoms with E-state index in [0.717, 1.165) is 49.9 Å². The summed E-state index contributed by atoms with van der Waals surface area (Å²) < 4.78 is 0. The first kappa shape index (κ1) is 17.1. The number of para-hydroxylation sites is 1. The first-order chi connectivity index (χ1) is 12.6. The lowest BCUT2D eigenvalue weighted by molar-refractivity contribution is -0.117. The zero-order valence-corrected chi connectivity index (χ0v) is 15.7. The molecule has 0 saturated carbocycles. The zero-order chi connectivity index (χ0) is 18.3. The lowest BCUT2D eigenvalue weighted by atomic mass is 10.00. The zero-order valence-electron chi connectivity index (χ0n) is 14.9. The van der Waals surface area contributed by atoms with Crippen molar-refractivity contribution in [2.45, 2.75) is 45.1 Å². The molecule has 1 aliphatic carbocycles. The Labute approximate surface area is 157 Å². The molecule has 0 fully saturated rings. The summed E-state index contributed by atoms with van der Waals surface area (Å²) in [5.74, 6) is -0.542. The van der Waals surface area contributed by atoms with Crippen LogP contribution in [0.5, 0.6) is 0 Å². The summed E-state index contributed by atoms with van der Waals surface area (Å²) in [5, 5.41) is 3.60. The Kier molecular flexibility index (Phi) is 4.44. The van der Waals surface area contributed by atoms with Crippen LogP contribution >= 0.6 is 11.3 Å². The third-order valence-corrected chi connectivity index (χ3v) is 6.60. The number of fused-ring (bicyclic) bond motifs is 2. The molecule has 3 N–H and O–H groups in total. The van der Waals surface area contributed by atoms with Crippen LogP contribution in [0.1, 0.15) is 46.1 Å². The Bertz CT molecular complexity index is 874. The molecule has 2 amide bonds. The quantitative estimate of drug-likeness (QED) is 0.869. The molecule has 1 aromatic heterocycles. The second kappa shape index (κ2) is 6.76. The molecular formula is C20H23N3O2S. The Balaban J connectivity index is 1.57. The van der Waals surface area contributed by atoms with Crippen molar-refractivity contribution in [2.75, 3.05) is 16.8 Å². The van der Waals surface area contributed by atoms with Gasteiger partial charge in [-0.2, -0.15) is 0 Å². The number of amides is 2. The first-order valence-corrected chi connectivity index (χ1v) is 9.97. The summed E-state index contributed by atoms with van der Waals surface area (Å²) in [6.07, 6.45) is 4.97. The van der Waals surface area contributed by atoms with E-state index in [1.54, 1.807) is 0 Å². The number of hydrogen-bond donors (Lipinski definition) is 2. The van der Waals surface area contributed by atoms with Gasteiger partial charge in [-0.25, -0.2) is 0 Å². The number of primary amides is 1. The molecule has 0 bridgehead atoms. The van der Waals surface area contributed by atoms with Gasteiger partial charge in [0, 0.05) is 17.1 Å². The van der Waals surface area contributed by atoms with E-state index in [2.05, 4.69) is 22.3 Å². The summed E-state index contributed by atoms with van der Waals surface area (Å²) in [7, 11) is 0. The van der Waals surface area contributed by atoms with Gasteiger partial charge in [-0.3, -0.25) is 9.59 Å². The maximum Gasteiger partial charge on any atom is 0.251 e. The van der Waals surface area contributed by atoms with Crippen LogP contribution < -0.4 is 16.0 Å². The van der Waals surface area contributed by atoms with Gasteiger partial charge in [-0.1, -0.05) is 18.2 Å². The van der Waals surface area contributed by atoms with Crippen LogP contribution in [0.2, 0.25) is 0 Å². The molecule has 0 unspecified atom stereocenters. The molecule has 5 nitrogen and oxygen atoms in total. The molecule has 26 heavy (non-hydrogen) atoms. The minimum Gasteiger partial charge on any atom is -0.365 e. The summed E-state index contributed by atoms with van der Waals surface area (Å²) in [4.78, 5) is 28.2. The van der Waals surface area contributed by atoms with Crippen molar-refractivity contribution < 1.29 is 9.59 Å². The van der Waals surface area contributed by atoms with E-state index in [1.165, 1.54) is 21.8 Å². The van der Waals surface area contributed by atoms with Gasteiger partial charge in [0.2, 0.25) is 5.91 Å². The Morgan fingerprint density at radius 3 is 2.81 bits per heavy atom. The van der Waals surface area contributed by atoms with E-state index < -0.39 is 5.91 Å². The molecule has 0 radical (unpaired) electrons. The maximum atomic E-state index is 12.9. The average Bonchev–Trinajstić information content (AvgIpc) is 3.20. The predicted octanol–water partition coefficient (Wildman–Crippen LogP) is 3.12. The van der Waals surface area contributed by atoms with Crippen LogP contribution in [0, 0.1) is 0 Å². The molecular weight excluding hydrogens is 346 g/mol. The highest BCUT2D eigenvalue weighted by molar-refractivity contribution is 7.17. The maximum absolute atomic E-state index is 12.9.